The number of halogens is 1. The molecule has 4 nitrogen and oxygen atoms in total. The van der Waals surface area contributed by atoms with Gasteiger partial charge < -0.3 is 10.0 Å². The Kier molecular flexibility index (Phi) is 3.45. The van der Waals surface area contributed by atoms with Gasteiger partial charge in [0.05, 0.1) is 16.3 Å². The first-order valence-corrected chi connectivity index (χ1v) is 5.80. The molecular weight excluding hydrogens is 242 g/mol. The second-order valence-electron chi connectivity index (χ2n) is 3.85. The summed E-state index contributed by atoms with van der Waals surface area (Å²) >= 11 is 6.01. The van der Waals surface area contributed by atoms with E-state index in [2.05, 4.69) is 0 Å². The Morgan fingerprint density at radius 1 is 1.24 bits per heavy atom. The van der Waals surface area contributed by atoms with E-state index in [1.54, 1.807) is 18.2 Å². The van der Waals surface area contributed by atoms with Crippen LogP contribution in [0, 0.1) is 0 Å². The molecule has 0 aliphatic carbocycles. The first-order valence-electron chi connectivity index (χ1n) is 5.42. The third-order valence-electron chi connectivity index (χ3n) is 2.73. The first-order chi connectivity index (χ1) is 8.16. The van der Waals surface area contributed by atoms with Gasteiger partial charge in [-0.15, -0.1) is 0 Å². The number of benzene rings is 1. The number of hydrogen-bond donors (Lipinski definition) is 1. The number of ketones is 1. The van der Waals surface area contributed by atoms with Crippen LogP contribution >= 0.6 is 11.6 Å². The molecule has 1 aromatic carbocycles. The van der Waals surface area contributed by atoms with Crippen LogP contribution in [0.5, 0.6) is 0 Å². The van der Waals surface area contributed by atoms with Crippen molar-refractivity contribution in [2.75, 3.05) is 18.1 Å². The van der Waals surface area contributed by atoms with Crippen LogP contribution in [0.3, 0.4) is 0 Å². The summed E-state index contributed by atoms with van der Waals surface area (Å²) in [6.45, 7) is 0.479. The zero-order valence-electron chi connectivity index (χ0n) is 9.15. The number of nitrogens with zero attached hydrogens (tertiary/aromatic N) is 1. The number of aliphatic hydroxyl groups is 1. The summed E-state index contributed by atoms with van der Waals surface area (Å²) in [5, 5.41) is 9.12. The molecule has 90 valence electrons. The van der Waals surface area contributed by atoms with Gasteiger partial charge in [-0.1, -0.05) is 17.7 Å². The van der Waals surface area contributed by atoms with Gasteiger partial charge in [0.15, 0.2) is 0 Å². The molecule has 1 aromatic rings. The Hall–Kier alpha value is -1.39. The molecule has 1 N–H and O–H groups in total. The fraction of sp³-hybridized carbons (Fsp3) is 0.333. The zero-order chi connectivity index (χ0) is 12.4. The Labute approximate surface area is 104 Å². The number of amides is 1. The maximum Gasteiger partial charge on any atom is 0.299 e. The van der Waals surface area contributed by atoms with E-state index >= 15 is 0 Å². The number of rotatable bonds is 4. The molecule has 0 fully saturated rings. The van der Waals surface area contributed by atoms with Crippen molar-refractivity contribution in [2.24, 2.45) is 0 Å². The molecule has 1 amide bonds. The van der Waals surface area contributed by atoms with Crippen molar-refractivity contribution >= 4 is 29.0 Å². The number of hydrogen-bond acceptors (Lipinski definition) is 3. The molecule has 0 saturated carbocycles. The topological polar surface area (TPSA) is 57.6 Å². The second-order valence-corrected chi connectivity index (χ2v) is 4.26. The number of fused-ring (bicyclic) bond motifs is 1. The van der Waals surface area contributed by atoms with Crippen LogP contribution in [0.25, 0.3) is 0 Å². The monoisotopic (exact) mass is 253 g/mol. The molecule has 0 aromatic heterocycles. The highest BCUT2D eigenvalue weighted by Crippen LogP contribution is 2.35. The van der Waals surface area contributed by atoms with Crippen molar-refractivity contribution in [1.82, 2.24) is 0 Å². The van der Waals surface area contributed by atoms with Crippen molar-refractivity contribution in [3.8, 4) is 0 Å². The summed E-state index contributed by atoms with van der Waals surface area (Å²) in [5.74, 6) is -1.04. The lowest BCUT2D eigenvalue weighted by Gasteiger charge is -2.17. The van der Waals surface area contributed by atoms with Gasteiger partial charge in [-0.3, -0.25) is 9.59 Å². The molecule has 5 heteroatoms. The summed E-state index contributed by atoms with van der Waals surface area (Å²) in [7, 11) is 0. The minimum absolute atomic E-state index is 0.0748. The maximum absolute atomic E-state index is 11.8. The minimum atomic E-state index is -0.536. The van der Waals surface area contributed by atoms with Gasteiger partial charge in [0.1, 0.15) is 0 Å². The number of carbonyl (C=O) groups is 2. The lowest BCUT2D eigenvalue weighted by atomic mass is 10.1. The second kappa shape index (κ2) is 4.85. The SMILES string of the molecule is O=C1C(=O)N(CCCCO)c2c(Cl)cccc21. The maximum atomic E-state index is 11.8. The number of anilines is 1. The molecule has 0 saturated heterocycles. The molecule has 0 bridgehead atoms. The molecule has 0 radical (unpaired) electrons. The average molecular weight is 254 g/mol. The third kappa shape index (κ3) is 2.06. The first kappa shape index (κ1) is 12.1. The Bertz CT molecular complexity index is 473. The summed E-state index contributed by atoms with van der Waals surface area (Å²) in [6, 6.07) is 4.92. The highest BCUT2D eigenvalue weighted by molar-refractivity contribution is 6.54. The minimum Gasteiger partial charge on any atom is -0.396 e. The Balaban J connectivity index is 2.30. The van der Waals surface area contributed by atoms with Crippen LogP contribution in [0.15, 0.2) is 18.2 Å². The molecule has 1 aliphatic rings. The number of unbranched alkanes of at least 4 members (excludes halogenated alkanes) is 1. The van der Waals surface area contributed by atoms with E-state index in [1.165, 1.54) is 4.90 Å². The van der Waals surface area contributed by atoms with E-state index in [4.69, 9.17) is 16.7 Å². The average Bonchev–Trinajstić information content (AvgIpc) is 2.56. The summed E-state index contributed by atoms with van der Waals surface area (Å²) in [5.41, 5.74) is 0.869. The normalized spacial score (nSPS) is 14.4. The van der Waals surface area contributed by atoms with Gasteiger partial charge in [-0.05, 0) is 25.0 Å². The summed E-state index contributed by atoms with van der Waals surface area (Å²) in [6.07, 6.45) is 1.23. The fourth-order valence-corrected chi connectivity index (χ4v) is 2.18. The van der Waals surface area contributed by atoms with Gasteiger partial charge in [0, 0.05) is 13.2 Å². The number of carbonyl (C=O) groups excluding carboxylic acids is 2. The lowest BCUT2D eigenvalue weighted by Crippen LogP contribution is -2.30. The van der Waals surface area contributed by atoms with Gasteiger partial charge in [-0.25, -0.2) is 0 Å². The van der Waals surface area contributed by atoms with Crippen molar-refractivity contribution in [3.05, 3.63) is 28.8 Å². The highest BCUT2D eigenvalue weighted by Gasteiger charge is 2.36. The predicted molar refractivity (Wildman–Crippen MR) is 64.5 cm³/mol. The molecule has 1 aliphatic heterocycles. The van der Waals surface area contributed by atoms with Gasteiger partial charge in [0.25, 0.3) is 11.7 Å². The third-order valence-corrected chi connectivity index (χ3v) is 3.04. The summed E-state index contributed by atoms with van der Waals surface area (Å²) in [4.78, 5) is 24.9. The van der Waals surface area contributed by atoms with Crippen LogP contribution in [-0.2, 0) is 4.79 Å². The van der Waals surface area contributed by atoms with Crippen molar-refractivity contribution in [3.63, 3.8) is 0 Å². The molecule has 0 unspecified atom stereocenters. The summed E-state index contributed by atoms with van der Waals surface area (Å²) < 4.78 is 0. The quantitative estimate of drug-likeness (QED) is 0.656. The van der Waals surface area contributed by atoms with Crippen LogP contribution < -0.4 is 4.90 Å². The van der Waals surface area contributed by atoms with Crippen molar-refractivity contribution in [2.45, 2.75) is 12.8 Å². The smallest absolute Gasteiger partial charge is 0.299 e. The van der Waals surface area contributed by atoms with E-state index in [9.17, 15) is 9.59 Å². The van der Waals surface area contributed by atoms with E-state index in [0.717, 1.165) is 0 Å². The molecule has 0 spiro atoms. The van der Waals surface area contributed by atoms with Crippen molar-refractivity contribution < 1.29 is 14.7 Å². The number of para-hydroxylation sites is 1. The fourth-order valence-electron chi connectivity index (χ4n) is 1.91. The van der Waals surface area contributed by atoms with Crippen LogP contribution in [-0.4, -0.2) is 29.9 Å². The van der Waals surface area contributed by atoms with Crippen LogP contribution in [0.1, 0.15) is 23.2 Å². The lowest BCUT2D eigenvalue weighted by molar-refractivity contribution is -0.114. The number of Topliss-reactive ketones (excluding diaryl/α,β-unsaturated/α-hetero) is 1. The Morgan fingerprint density at radius 3 is 2.71 bits per heavy atom. The molecular formula is C12H12ClNO3. The van der Waals surface area contributed by atoms with E-state index < -0.39 is 11.7 Å². The van der Waals surface area contributed by atoms with E-state index in [0.29, 0.717) is 35.7 Å². The van der Waals surface area contributed by atoms with Crippen molar-refractivity contribution in [1.29, 1.82) is 0 Å². The molecule has 2 rings (SSSR count). The van der Waals surface area contributed by atoms with Crippen LogP contribution in [0.2, 0.25) is 5.02 Å². The molecule has 1 heterocycles. The largest absolute Gasteiger partial charge is 0.396 e. The zero-order valence-corrected chi connectivity index (χ0v) is 9.91. The van der Waals surface area contributed by atoms with Crippen LogP contribution in [0.4, 0.5) is 5.69 Å². The van der Waals surface area contributed by atoms with E-state index in [1.807, 2.05) is 0 Å². The standard InChI is InChI=1S/C12H12ClNO3/c13-9-5-3-4-8-10(9)14(6-1-2-7-15)12(17)11(8)16/h3-5,15H,1-2,6-7H2. The highest BCUT2D eigenvalue weighted by atomic mass is 35.5. The Morgan fingerprint density at radius 2 is 2.00 bits per heavy atom. The molecule has 0 atom stereocenters. The van der Waals surface area contributed by atoms with Gasteiger partial charge in [0.2, 0.25) is 0 Å². The van der Waals surface area contributed by atoms with E-state index in [-0.39, 0.29) is 6.61 Å². The van der Waals surface area contributed by atoms with Gasteiger partial charge in [-0.2, -0.15) is 0 Å². The molecule has 17 heavy (non-hydrogen) atoms. The predicted octanol–water partition coefficient (Wildman–Crippen LogP) is 1.64. The van der Waals surface area contributed by atoms with Gasteiger partial charge >= 0.3 is 0 Å². The number of aliphatic hydroxyl groups excluding tert-OH is 1.